The summed E-state index contributed by atoms with van der Waals surface area (Å²) in [7, 11) is 0. The van der Waals surface area contributed by atoms with Crippen LogP contribution in [0.15, 0.2) is 0 Å². The lowest BCUT2D eigenvalue weighted by atomic mass is 9.68. The van der Waals surface area contributed by atoms with Crippen LogP contribution in [0.1, 0.15) is 59.8 Å². The van der Waals surface area contributed by atoms with Gasteiger partial charge in [-0.3, -0.25) is 4.79 Å². The van der Waals surface area contributed by atoms with E-state index in [4.69, 9.17) is 9.84 Å². The zero-order valence-corrected chi connectivity index (χ0v) is 11.6. The van der Waals surface area contributed by atoms with Crippen LogP contribution in [0.5, 0.6) is 0 Å². The van der Waals surface area contributed by atoms with Crippen LogP contribution in [-0.2, 0) is 9.53 Å². The van der Waals surface area contributed by atoms with E-state index in [0.717, 1.165) is 25.7 Å². The molecule has 0 aromatic heterocycles. The predicted molar refractivity (Wildman–Crippen MR) is 68.0 cm³/mol. The van der Waals surface area contributed by atoms with E-state index in [1.165, 1.54) is 0 Å². The van der Waals surface area contributed by atoms with Crippen LogP contribution in [0.3, 0.4) is 0 Å². The normalized spacial score (nSPS) is 28.3. The number of aliphatic carboxylic acids is 1. The SMILES string of the molecule is CC(C)CCC1(CC(=O)O)CCOC(C)(C)C1. The van der Waals surface area contributed by atoms with Gasteiger partial charge in [0.05, 0.1) is 12.0 Å². The van der Waals surface area contributed by atoms with Gasteiger partial charge in [-0.2, -0.15) is 0 Å². The molecule has 0 saturated carbocycles. The molecule has 0 aromatic carbocycles. The van der Waals surface area contributed by atoms with Crippen molar-refractivity contribution in [3.8, 4) is 0 Å². The van der Waals surface area contributed by atoms with Gasteiger partial charge < -0.3 is 9.84 Å². The Morgan fingerprint density at radius 3 is 2.53 bits per heavy atom. The number of rotatable bonds is 5. The largest absolute Gasteiger partial charge is 0.481 e. The van der Waals surface area contributed by atoms with Gasteiger partial charge in [0, 0.05) is 6.61 Å². The molecule has 3 nitrogen and oxygen atoms in total. The average Bonchev–Trinajstić information content (AvgIpc) is 2.12. The van der Waals surface area contributed by atoms with Crippen molar-refractivity contribution in [1.82, 2.24) is 0 Å². The molecule has 1 rings (SSSR count). The van der Waals surface area contributed by atoms with Crippen LogP contribution >= 0.6 is 0 Å². The van der Waals surface area contributed by atoms with Gasteiger partial charge in [0.1, 0.15) is 0 Å². The lowest BCUT2D eigenvalue weighted by Gasteiger charge is -2.44. The maximum Gasteiger partial charge on any atom is 0.303 e. The van der Waals surface area contributed by atoms with Crippen molar-refractivity contribution in [3.63, 3.8) is 0 Å². The van der Waals surface area contributed by atoms with Crippen molar-refractivity contribution in [1.29, 1.82) is 0 Å². The third kappa shape index (κ3) is 4.66. The second-order valence-electron chi connectivity index (χ2n) is 6.54. The fourth-order valence-electron chi connectivity index (χ4n) is 2.95. The minimum Gasteiger partial charge on any atom is -0.481 e. The fourth-order valence-corrected chi connectivity index (χ4v) is 2.95. The summed E-state index contributed by atoms with van der Waals surface area (Å²) in [5.41, 5.74) is -0.234. The van der Waals surface area contributed by atoms with Gasteiger partial charge in [-0.25, -0.2) is 0 Å². The summed E-state index contributed by atoms with van der Waals surface area (Å²) in [5, 5.41) is 9.13. The number of hydrogen-bond donors (Lipinski definition) is 1. The number of ether oxygens (including phenoxy) is 1. The number of carbonyl (C=O) groups is 1. The highest BCUT2D eigenvalue weighted by atomic mass is 16.5. The Bertz CT molecular complexity index is 271. The summed E-state index contributed by atoms with van der Waals surface area (Å²) in [5.74, 6) is -0.0434. The second kappa shape index (κ2) is 5.38. The maximum absolute atomic E-state index is 11.1. The summed E-state index contributed by atoms with van der Waals surface area (Å²) in [6, 6.07) is 0. The van der Waals surface area contributed by atoms with Crippen molar-refractivity contribution in [3.05, 3.63) is 0 Å². The minimum atomic E-state index is -0.675. The zero-order valence-electron chi connectivity index (χ0n) is 11.6. The summed E-state index contributed by atoms with van der Waals surface area (Å²) in [6.45, 7) is 9.21. The van der Waals surface area contributed by atoms with Crippen LogP contribution < -0.4 is 0 Å². The van der Waals surface area contributed by atoms with Gasteiger partial charge in [0.25, 0.3) is 0 Å². The van der Waals surface area contributed by atoms with Crippen molar-refractivity contribution in [2.45, 2.75) is 65.4 Å². The first-order valence-corrected chi connectivity index (χ1v) is 6.60. The Labute approximate surface area is 105 Å². The van der Waals surface area contributed by atoms with E-state index in [1.807, 2.05) is 0 Å². The Balaban J connectivity index is 2.74. The van der Waals surface area contributed by atoms with E-state index in [0.29, 0.717) is 12.5 Å². The molecule has 1 N–H and O–H groups in total. The molecule has 3 heteroatoms. The summed E-state index contributed by atoms with van der Waals surface area (Å²) in [6.07, 6.45) is 4.13. The third-order valence-corrected chi connectivity index (χ3v) is 3.70. The molecular formula is C14H26O3. The molecule has 1 unspecified atom stereocenters. The van der Waals surface area contributed by atoms with E-state index in [9.17, 15) is 4.79 Å². The topological polar surface area (TPSA) is 46.5 Å². The molecule has 100 valence electrons. The standard InChI is InChI=1S/C14H26O3/c1-11(2)5-6-14(9-12(15)16)7-8-17-13(3,4)10-14/h11H,5-10H2,1-4H3,(H,15,16). The molecular weight excluding hydrogens is 216 g/mol. The highest BCUT2D eigenvalue weighted by molar-refractivity contribution is 5.67. The Morgan fingerprint density at radius 2 is 2.06 bits per heavy atom. The first kappa shape index (κ1) is 14.5. The summed E-state index contributed by atoms with van der Waals surface area (Å²) < 4.78 is 5.72. The van der Waals surface area contributed by atoms with Crippen LogP contribution in [-0.4, -0.2) is 23.3 Å². The smallest absolute Gasteiger partial charge is 0.303 e. The summed E-state index contributed by atoms with van der Waals surface area (Å²) >= 11 is 0. The summed E-state index contributed by atoms with van der Waals surface area (Å²) in [4.78, 5) is 11.1. The number of carboxylic acid groups (broad SMARTS) is 1. The zero-order chi connectivity index (χ0) is 13.1. The van der Waals surface area contributed by atoms with E-state index < -0.39 is 5.97 Å². The van der Waals surface area contributed by atoms with Gasteiger partial charge in [-0.15, -0.1) is 0 Å². The first-order chi connectivity index (χ1) is 7.75. The number of carboxylic acids is 1. The predicted octanol–water partition coefficient (Wildman–Crippen LogP) is 3.47. The fraction of sp³-hybridized carbons (Fsp3) is 0.929. The average molecular weight is 242 g/mol. The van der Waals surface area contributed by atoms with E-state index in [2.05, 4.69) is 27.7 Å². The van der Waals surface area contributed by atoms with E-state index >= 15 is 0 Å². The molecule has 0 aliphatic carbocycles. The van der Waals surface area contributed by atoms with Crippen molar-refractivity contribution in [2.75, 3.05) is 6.61 Å². The van der Waals surface area contributed by atoms with Crippen LogP contribution in [0.2, 0.25) is 0 Å². The lowest BCUT2D eigenvalue weighted by molar-refractivity contribution is -0.148. The molecule has 0 amide bonds. The highest BCUT2D eigenvalue weighted by Crippen LogP contribution is 2.45. The van der Waals surface area contributed by atoms with Gasteiger partial charge >= 0.3 is 5.97 Å². The van der Waals surface area contributed by atoms with E-state index in [1.54, 1.807) is 0 Å². The third-order valence-electron chi connectivity index (χ3n) is 3.70. The quantitative estimate of drug-likeness (QED) is 0.803. The second-order valence-corrected chi connectivity index (χ2v) is 6.54. The van der Waals surface area contributed by atoms with Gasteiger partial charge in [0.2, 0.25) is 0 Å². The Morgan fingerprint density at radius 1 is 1.41 bits per heavy atom. The molecule has 0 aromatic rings. The van der Waals surface area contributed by atoms with Crippen LogP contribution in [0, 0.1) is 11.3 Å². The lowest BCUT2D eigenvalue weighted by Crippen LogP contribution is -2.42. The molecule has 17 heavy (non-hydrogen) atoms. The number of hydrogen-bond acceptors (Lipinski definition) is 2. The molecule has 1 fully saturated rings. The van der Waals surface area contributed by atoms with Gasteiger partial charge in [-0.05, 0) is 44.4 Å². The Kier molecular flexibility index (Phi) is 4.59. The Hall–Kier alpha value is -0.570. The van der Waals surface area contributed by atoms with Crippen LogP contribution in [0.25, 0.3) is 0 Å². The minimum absolute atomic E-state index is 0.0577. The van der Waals surface area contributed by atoms with Gasteiger partial charge in [0.15, 0.2) is 0 Å². The van der Waals surface area contributed by atoms with Crippen molar-refractivity contribution >= 4 is 5.97 Å². The highest BCUT2D eigenvalue weighted by Gasteiger charge is 2.41. The molecule has 0 spiro atoms. The van der Waals surface area contributed by atoms with Crippen LogP contribution in [0.4, 0.5) is 0 Å². The molecule has 1 aliphatic rings. The molecule has 0 radical (unpaired) electrons. The van der Waals surface area contributed by atoms with E-state index in [-0.39, 0.29) is 17.4 Å². The molecule has 0 bridgehead atoms. The maximum atomic E-state index is 11.1. The molecule has 1 aliphatic heterocycles. The van der Waals surface area contributed by atoms with Crippen molar-refractivity contribution < 1.29 is 14.6 Å². The molecule has 1 heterocycles. The molecule has 1 saturated heterocycles. The molecule has 1 atom stereocenters. The monoisotopic (exact) mass is 242 g/mol. The van der Waals surface area contributed by atoms with Crippen molar-refractivity contribution in [2.24, 2.45) is 11.3 Å². The van der Waals surface area contributed by atoms with Gasteiger partial charge in [-0.1, -0.05) is 20.3 Å². The first-order valence-electron chi connectivity index (χ1n) is 6.60.